The number of hydrogen-bond donors (Lipinski definition) is 2. The number of nitriles is 2. The normalized spacial score (nSPS) is 42.2. The number of nitrogens with two attached hydrogens (primary N) is 1. The summed E-state index contributed by atoms with van der Waals surface area (Å²) in [4.78, 5) is 3.26. The van der Waals surface area contributed by atoms with Crippen molar-refractivity contribution in [3.05, 3.63) is 0 Å². The van der Waals surface area contributed by atoms with E-state index in [9.17, 15) is 10.5 Å². The number of nitrogens with zero attached hydrogens (tertiary/aromatic N) is 2. The Hall–Kier alpha value is -1.24. The van der Waals surface area contributed by atoms with Crippen molar-refractivity contribution < 1.29 is 9.73 Å². The molecule has 2 aliphatic heterocycles. The third kappa shape index (κ3) is 1.93. The zero-order chi connectivity index (χ0) is 18.3. The molecule has 0 aromatic carbocycles. The van der Waals surface area contributed by atoms with Crippen LogP contribution in [0.15, 0.2) is 0 Å². The fourth-order valence-corrected chi connectivity index (χ4v) is 7.67. The highest BCUT2D eigenvalue weighted by molar-refractivity contribution is 8.00. The lowest BCUT2D eigenvalue weighted by Gasteiger charge is -2.30. The summed E-state index contributed by atoms with van der Waals surface area (Å²) in [6.45, 7) is 0.603. The van der Waals surface area contributed by atoms with Crippen molar-refractivity contribution in [1.29, 1.82) is 10.5 Å². The van der Waals surface area contributed by atoms with E-state index in [4.69, 9.17) is 10.5 Å². The first-order valence-corrected chi connectivity index (χ1v) is 11.2. The highest BCUT2D eigenvalue weighted by Crippen LogP contribution is 2.87. The van der Waals surface area contributed by atoms with Crippen LogP contribution in [0.1, 0.15) is 70.6 Å². The topological polar surface area (TPSA) is 96.8 Å². The highest BCUT2D eigenvalue weighted by Gasteiger charge is 3.02. The molecular weight excluding hydrogens is 344 g/mol. The molecule has 4 rings (SSSR count). The Morgan fingerprint density at radius 3 is 1.96 bits per heavy atom. The Kier molecular flexibility index (Phi) is 4.48. The molecule has 6 heteroatoms. The Bertz CT molecular complexity index is 675. The van der Waals surface area contributed by atoms with Gasteiger partial charge in [-0.2, -0.15) is 10.5 Å². The molecule has 3 N–H and O–H groups in total. The van der Waals surface area contributed by atoms with Crippen LogP contribution < -0.4 is 10.7 Å². The molecule has 4 aliphatic rings. The van der Waals surface area contributed by atoms with Gasteiger partial charge in [-0.25, -0.2) is 4.99 Å². The predicted molar refractivity (Wildman–Crippen MR) is 101 cm³/mol. The minimum Gasteiger partial charge on any atom is -0.327 e. The SMILES string of the molecule is N#C[C@@]12C3(CCCCCCCCCCC3)[C@]1(C#N)C(N)=[NH+][C@@]21OCCS1. The number of thioether (sulfide) groups is 1. The van der Waals surface area contributed by atoms with E-state index in [-0.39, 0.29) is 5.41 Å². The van der Waals surface area contributed by atoms with E-state index in [1.54, 1.807) is 11.8 Å². The molecule has 0 aromatic rings. The fraction of sp³-hybridized carbons (Fsp3) is 0.850. The van der Waals surface area contributed by atoms with E-state index >= 15 is 0 Å². The number of hydrogen-bond acceptors (Lipinski definition) is 5. The van der Waals surface area contributed by atoms with Crippen molar-refractivity contribution >= 4 is 17.6 Å². The first kappa shape index (κ1) is 18.1. The molecular formula is C20H29N4OS+. The summed E-state index contributed by atoms with van der Waals surface area (Å²) in [6.07, 6.45) is 12.8. The first-order valence-electron chi connectivity index (χ1n) is 10.2. The molecule has 2 saturated carbocycles. The van der Waals surface area contributed by atoms with Crippen LogP contribution in [0.25, 0.3) is 0 Å². The molecule has 0 bridgehead atoms. The summed E-state index contributed by atoms with van der Waals surface area (Å²) in [5, 5.41) is 19.9. The smallest absolute Gasteiger partial charge is 0.277 e. The van der Waals surface area contributed by atoms with Crippen molar-refractivity contribution in [3.63, 3.8) is 0 Å². The molecule has 140 valence electrons. The second-order valence-corrected chi connectivity index (χ2v) is 9.61. The van der Waals surface area contributed by atoms with Crippen molar-refractivity contribution in [1.82, 2.24) is 0 Å². The Morgan fingerprint density at radius 2 is 1.50 bits per heavy atom. The van der Waals surface area contributed by atoms with E-state index in [0.717, 1.165) is 31.4 Å². The average Bonchev–Trinajstić information content (AvgIpc) is 2.87. The maximum absolute atomic E-state index is 10.4. The minimum absolute atomic E-state index is 0.366. The summed E-state index contributed by atoms with van der Waals surface area (Å²) in [5.41, 5.74) is 4.30. The zero-order valence-corrected chi connectivity index (χ0v) is 16.3. The average molecular weight is 374 g/mol. The van der Waals surface area contributed by atoms with Crippen LogP contribution >= 0.6 is 11.8 Å². The number of rotatable bonds is 0. The summed E-state index contributed by atoms with van der Waals surface area (Å²) < 4.78 is 6.12. The maximum atomic E-state index is 10.4. The van der Waals surface area contributed by atoms with Crippen molar-refractivity contribution in [2.75, 3.05) is 12.4 Å². The molecule has 1 saturated heterocycles. The lowest BCUT2D eigenvalue weighted by Crippen LogP contribution is -2.88. The van der Waals surface area contributed by atoms with Gasteiger partial charge < -0.3 is 4.74 Å². The third-order valence-electron chi connectivity index (χ3n) is 7.37. The molecule has 26 heavy (non-hydrogen) atoms. The molecule has 2 spiro atoms. The summed E-state index contributed by atoms with van der Waals surface area (Å²) >= 11 is 1.63. The predicted octanol–water partition coefficient (Wildman–Crippen LogP) is 2.18. The monoisotopic (exact) mass is 373 g/mol. The number of nitrogens with one attached hydrogen (secondary N) is 1. The molecule has 0 aromatic heterocycles. The molecule has 0 unspecified atom stereocenters. The molecule has 0 radical (unpaired) electrons. The van der Waals surface area contributed by atoms with E-state index in [1.165, 1.54) is 44.9 Å². The largest absolute Gasteiger partial charge is 0.327 e. The van der Waals surface area contributed by atoms with Gasteiger partial charge in [-0.15, -0.1) is 0 Å². The van der Waals surface area contributed by atoms with Crippen LogP contribution in [0.3, 0.4) is 0 Å². The zero-order valence-electron chi connectivity index (χ0n) is 15.5. The standard InChI is InChI=1S/C20H28N4OS/c21-14-18-16(23)24-20(25-12-13-26-20)19(18,15-22)17(18)10-8-6-4-2-1-3-5-7-9-11-17/h1-13H2,(H2,23,24)/p+1/t18-,19+,20+/m0/s1. The quantitative estimate of drug-likeness (QED) is 0.678. The fourth-order valence-electron chi connectivity index (χ4n) is 6.26. The Labute approximate surface area is 160 Å². The van der Waals surface area contributed by atoms with Crippen LogP contribution in [0, 0.1) is 38.9 Å². The molecule has 3 fully saturated rings. The second-order valence-electron chi connectivity index (χ2n) is 8.34. The Morgan fingerprint density at radius 1 is 0.923 bits per heavy atom. The summed E-state index contributed by atoms with van der Waals surface area (Å²) in [6, 6.07) is 5.15. The number of fused-ring (bicyclic) bond motifs is 4. The molecule has 2 heterocycles. The van der Waals surface area contributed by atoms with Crippen molar-refractivity contribution in [2.45, 2.75) is 75.7 Å². The van der Waals surface area contributed by atoms with Gasteiger partial charge in [0, 0.05) is 11.2 Å². The van der Waals surface area contributed by atoms with E-state index < -0.39 is 15.9 Å². The van der Waals surface area contributed by atoms with Gasteiger partial charge in [0.1, 0.15) is 0 Å². The maximum Gasteiger partial charge on any atom is 0.277 e. The Balaban J connectivity index is 1.74. The molecule has 0 amide bonds. The van der Waals surface area contributed by atoms with E-state index in [1.807, 2.05) is 0 Å². The molecule has 3 atom stereocenters. The van der Waals surface area contributed by atoms with Gasteiger partial charge in [0.15, 0.2) is 10.8 Å². The van der Waals surface area contributed by atoms with Crippen molar-refractivity contribution in [3.8, 4) is 12.1 Å². The van der Waals surface area contributed by atoms with Crippen molar-refractivity contribution in [2.24, 2.45) is 22.0 Å². The second kappa shape index (κ2) is 6.43. The van der Waals surface area contributed by atoms with Crippen LogP contribution in [0.5, 0.6) is 0 Å². The lowest BCUT2D eigenvalue weighted by molar-refractivity contribution is -0.585. The van der Waals surface area contributed by atoms with Crippen LogP contribution in [0.4, 0.5) is 0 Å². The summed E-state index contributed by atoms with van der Waals surface area (Å²) in [7, 11) is 0. The third-order valence-corrected chi connectivity index (χ3v) is 8.67. The lowest BCUT2D eigenvalue weighted by atomic mass is 9.80. The van der Waals surface area contributed by atoms with Gasteiger partial charge in [0.05, 0.1) is 18.7 Å². The molecule has 2 aliphatic carbocycles. The minimum atomic E-state index is -0.907. The van der Waals surface area contributed by atoms with Gasteiger partial charge in [-0.05, 0) is 12.8 Å². The number of amidine groups is 1. The van der Waals surface area contributed by atoms with Crippen LogP contribution in [-0.4, -0.2) is 23.3 Å². The van der Waals surface area contributed by atoms with Gasteiger partial charge in [0.25, 0.3) is 10.9 Å². The van der Waals surface area contributed by atoms with Gasteiger partial charge in [0.2, 0.25) is 0 Å². The van der Waals surface area contributed by atoms with Gasteiger partial charge >= 0.3 is 0 Å². The van der Waals surface area contributed by atoms with E-state index in [2.05, 4.69) is 17.1 Å². The summed E-state index contributed by atoms with van der Waals surface area (Å²) in [5.74, 6) is 1.31. The van der Waals surface area contributed by atoms with Gasteiger partial charge in [-0.3, -0.25) is 5.73 Å². The molecule has 5 nitrogen and oxygen atoms in total. The first-order chi connectivity index (χ1) is 12.7. The van der Waals surface area contributed by atoms with E-state index in [0.29, 0.717) is 12.4 Å². The van der Waals surface area contributed by atoms with Crippen LogP contribution in [-0.2, 0) is 4.74 Å². The highest BCUT2D eigenvalue weighted by atomic mass is 32.2. The van der Waals surface area contributed by atoms with Gasteiger partial charge in [-0.1, -0.05) is 69.5 Å². The van der Waals surface area contributed by atoms with Crippen LogP contribution in [0.2, 0.25) is 0 Å². The number of ether oxygens (including phenoxy) is 1.